The molecule has 0 heterocycles. The number of hydrogen-bond acceptors (Lipinski definition) is 2. The fraction of sp³-hybridized carbons (Fsp3) is 0.562. The van der Waals surface area contributed by atoms with Crippen LogP contribution in [0.5, 0.6) is 0 Å². The molecule has 0 spiro atoms. The molecule has 112 valence electrons. The Labute approximate surface area is 123 Å². The summed E-state index contributed by atoms with van der Waals surface area (Å²) in [6, 6.07) is 9.93. The minimum Gasteiger partial charge on any atom is -0.481 e. The lowest BCUT2D eigenvalue weighted by atomic mass is 10.1. The third-order valence-electron chi connectivity index (χ3n) is 4.03. The number of hydrogen-bond donors (Lipinski definition) is 1. The number of carboxylic acid groups (broad SMARTS) is 1. The maximum Gasteiger partial charge on any atom is 0.303 e. The normalized spacial score (nSPS) is 14.1. The summed E-state index contributed by atoms with van der Waals surface area (Å²) in [7, 11) is -1.92. The summed E-state index contributed by atoms with van der Waals surface area (Å²) in [4.78, 5) is 10.9. The molecule has 0 aliphatic heterocycles. The van der Waals surface area contributed by atoms with Crippen LogP contribution >= 0.6 is 0 Å². The molecule has 4 heteroatoms. The van der Waals surface area contributed by atoms with Gasteiger partial charge < -0.3 is 9.53 Å². The highest BCUT2D eigenvalue weighted by Gasteiger charge is 2.39. The van der Waals surface area contributed by atoms with Crippen molar-refractivity contribution in [3.63, 3.8) is 0 Å². The second kappa shape index (κ2) is 6.55. The molecule has 1 aromatic rings. The lowest BCUT2D eigenvalue weighted by molar-refractivity contribution is -0.137. The van der Waals surface area contributed by atoms with Crippen molar-refractivity contribution in [1.82, 2.24) is 0 Å². The summed E-state index contributed by atoms with van der Waals surface area (Å²) in [5, 5.41) is 9.04. The van der Waals surface area contributed by atoms with Crippen molar-refractivity contribution in [2.45, 2.75) is 57.8 Å². The lowest BCUT2D eigenvalue weighted by Crippen LogP contribution is -2.41. The first-order chi connectivity index (χ1) is 9.13. The summed E-state index contributed by atoms with van der Waals surface area (Å²) in [6.45, 7) is 11.0. The van der Waals surface area contributed by atoms with Crippen LogP contribution in [0.1, 0.15) is 45.3 Å². The quantitative estimate of drug-likeness (QED) is 0.779. The summed E-state index contributed by atoms with van der Waals surface area (Å²) in [6.07, 6.45) is 0.522. The minimum atomic E-state index is -1.92. The molecule has 0 radical (unpaired) electrons. The molecule has 0 saturated heterocycles. The predicted octanol–water partition coefficient (Wildman–Crippen LogP) is 4.61. The van der Waals surface area contributed by atoms with E-state index in [0.717, 1.165) is 5.56 Å². The molecule has 0 unspecified atom stereocenters. The van der Waals surface area contributed by atoms with E-state index in [4.69, 9.17) is 9.53 Å². The van der Waals surface area contributed by atoms with Gasteiger partial charge in [0, 0.05) is 6.42 Å². The second-order valence-electron chi connectivity index (χ2n) is 6.71. The van der Waals surface area contributed by atoms with Crippen molar-refractivity contribution in [3.8, 4) is 0 Å². The highest BCUT2D eigenvalue weighted by molar-refractivity contribution is 6.74. The molecule has 0 fully saturated rings. The van der Waals surface area contributed by atoms with Gasteiger partial charge in [-0.2, -0.15) is 0 Å². The third-order valence-corrected chi connectivity index (χ3v) is 8.52. The molecule has 1 aromatic carbocycles. The van der Waals surface area contributed by atoms with Gasteiger partial charge >= 0.3 is 5.97 Å². The highest BCUT2D eigenvalue weighted by Crippen LogP contribution is 2.40. The van der Waals surface area contributed by atoms with E-state index in [0.29, 0.717) is 6.42 Å². The van der Waals surface area contributed by atoms with Crippen molar-refractivity contribution in [2.24, 2.45) is 0 Å². The molecular formula is C16H26O3Si. The number of benzene rings is 1. The van der Waals surface area contributed by atoms with Crippen molar-refractivity contribution in [1.29, 1.82) is 0 Å². The van der Waals surface area contributed by atoms with Crippen molar-refractivity contribution < 1.29 is 14.3 Å². The van der Waals surface area contributed by atoms with Crippen molar-refractivity contribution >= 4 is 14.3 Å². The van der Waals surface area contributed by atoms with Gasteiger partial charge in [-0.1, -0.05) is 51.1 Å². The van der Waals surface area contributed by atoms with E-state index in [2.05, 4.69) is 33.9 Å². The number of carboxylic acids is 1. The zero-order valence-electron chi connectivity index (χ0n) is 13.1. The standard InChI is InChI=1S/C16H26O3Si/c1-16(2,3)20(4,5)19-14(11-12-15(17)18)13-9-7-6-8-10-13/h6-10,14H,11-12H2,1-5H3,(H,17,18)/t14-/m1/s1. The summed E-state index contributed by atoms with van der Waals surface area (Å²) < 4.78 is 6.41. The Morgan fingerprint density at radius 2 is 1.80 bits per heavy atom. The molecule has 0 aromatic heterocycles. The van der Waals surface area contributed by atoms with Gasteiger partial charge in [-0.05, 0) is 30.1 Å². The van der Waals surface area contributed by atoms with Gasteiger partial charge in [0.15, 0.2) is 8.32 Å². The Morgan fingerprint density at radius 3 is 2.25 bits per heavy atom. The zero-order chi connectivity index (χ0) is 15.4. The number of carbonyl (C=O) groups is 1. The third kappa shape index (κ3) is 4.76. The van der Waals surface area contributed by atoms with Crippen LogP contribution in [-0.2, 0) is 9.22 Å². The maximum atomic E-state index is 10.9. The Hall–Kier alpha value is -1.13. The van der Waals surface area contributed by atoms with Gasteiger partial charge in [0.05, 0.1) is 6.10 Å². The second-order valence-corrected chi connectivity index (χ2v) is 11.5. The molecule has 1 atom stereocenters. The Bertz CT molecular complexity index is 435. The van der Waals surface area contributed by atoms with E-state index < -0.39 is 14.3 Å². The van der Waals surface area contributed by atoms with E-state index >= 15 is 0 Å². The minimum absolute atomic E-state index is 0.114. The maximum absolute atomic E-state index is 10.9. The first-order valence-corrected chi connectivity index (χ1v) is 9.99. The predicted molar refractivity (Wildman–Crippen MR) is 84.3 cm³/mol. The van der Waals surface area contributed by atoms with Gasteiger partial charge in [0.25, 0.3) is 0 Å². The van der Waals surface area contributed by atoms with Gasteiger partial charge in [-0.15, -0.1) is 0 Å². The Balaban J connectivity index is 2.92. The SMILES string of the molecule is CC(C)(C)[Si](C)(C)O[C@H](CCC(=O)O)c1ccccc1. The summed E-state index contributed by atoms with van der Waals surface area (Å²) in [5.74, 6) is -0.773. The molecule has 20 heavy (non-hydrogen) atoms. The summed E-state index contributed by atoms with van der Waals surface area (Å²) >= 11 is 0. The largest absolute Gasteiger partial charge is 0.481 e. The number of rotatable bonds is 6. The fourth-order valence-corrected chi connectivity index (χ4v) is 3.07. The van der Waals surface area contributed by atoms with Crippen LogP contribution in [-0.4, -0.2) is 19.4 Å². The summed E-state index contributed by atoms with van der Waals surface area (Å²) in [5.41, 5.74) is 1.07. The van der Waals surface area contributed by atoms with E-state index in [1.165, 1.54) is 0 Å². The first-order valence-electron chi connectivity index (χ1n) is 7.08. The van der Waals surface area contributed by atoms with Crippen LogP contribution in [0.4, 0.5) is 0 Å². The van der Waals surface area contributed by atoms with Gasteiger partial charge in [-0.3, -0.25) is 4.79 Å². The van der Waals surface area contributed by atoms with E-state index in [9.17, 15) is 4.79 Å². The number of aliphatic carboxylic acids is 1. The molecular weight excluding hydrogens is 268 g/mol. The molecule has 0 bridgehead atoms. The van der Waals surface area contributed by atoms with E-state index in [1.807, 2.05) is 30.3 Å². The molecule has 3 nitrogen and oxygen atoms in total. The van der Waals surface area contributed by atoms with Crippen LogP contribution in [0.15, 0.2) is 30.3 Å². The lowest BCUT2D eigenvalue weighted by Gasteiger charge is -2.39. The smallest absolute Gasteiger partial charge is 0.303 e. The average Bonchev–Trinajstić information content (AvgIpc) is 2.34. The van der Waals surface area contributed by atoms with Gasteiger partial charge in [0.2, 0.25) is 0 Å². The fourth-order valence-electron chi connectivity index (χ4n) is 1.75. The zero-order valence-corrected chi connectivity index (χ0v) is 14.1. The topological polar surface area (TPSA) is 46.5 Å². The Morgan fingerprint density at radius 1 is 1.25 bits per heavy atom. The van der Waals surface area contributed by atoms with Gasteiger partial charge in [-0.25, -0.2) is 0 Å². The molecule has 0 amide bonds. The van der Waals surface area contributed by atoms with Crippen molar-refractivity contribution in [3.05, 3.63) is 35.9 Å². The van der Waals surface area contributed by atoms with Crippen LogP contribution in [0, 0.1) is 0 Å². The molecule has 0 aliphatic carbocycles. The van der Waals surface area contributed by atoms with E-state index in [-0.39, 0.29) is 17.6 Å². The Kier molecular flexibility index (Phi) is 5.54. The van der Waals surface area contributed by atoms with Crippen LogP contribution < -0.4 is 0 Å². The molecule has 1 rings (SSSR count). The monoisotopic (exact) mass is 294 g/mol. The average molecular weight is 294 g/mol. The van der Waals surface area contributed by atoms with Gasteiger partial charge in [0.1, 0.15) is 0 Å². The van der Waals surface area contributed by atoms with Crippen molar-refractivity contribution in [2.75, 3.05) is 0 Å². The first kappa shape index (κ1) is 16.9. The molecule has 1 N–H and O–H groups in total. The molecule has 0 saturated carbocycles. The van der Waals surface area contributed by atoms with Crippen LogP contribution in [0.3, 0.4) is 0 Å². The van der Waals surface area contributed by atoms with Crippen LogP contribution in [0.25, 0.3) is 0 Å². The van der Waals surface area contributed by atoms with Crippen LogP contribution in [0.2, 0.25) is 18.1 Å². The highest BCUT2D eigenvalue weighted by atomic mass is 28.4. The van der Waals surface area contributed by atoms with E-state index in [1.54, 1.807) is 0 Å². The molecule has 0 aliphatic rings.